The Hall–Kier alpha value is -0.670. The molecule has 0 aliphatic heterocycles. The Morgan fingerprint density at radius 3 is 2.22 bits per heavy atom. The van der Waals surface area contributed by atoms with Gasteiger partial charge in [0.05, 0.1) is 12.2 Å². The molecule has 0 radical (unpaired) electrons. The molecular formula is C20H36O3. The van der Waals surface area contributed by atoms with Crippen LogP contribution in [0.5, 0.6) is 0 Å². The second-order valence-corrected chi connectivity index (χ2v) is 8.08. The molecule has 0 amide bonds. The average Bonchev–Trinajstić information content (AvgIpc) is 2.46. The molecule has 0 aromatic carbocycles. The minimum Gasteiger partial charge on any atom is -0.393 e. The highest BCUT2D eigenvalue weighted by Crippen LogP contribution is 2.29. The summed E-state index contributed by atoms with van der Waals surface area (Å²) >= 11 is 0. The molecule has 1 aliphatic rings. The van der Waals surface area contributed by atoms with Crippen molar-refractivity contribution in [2.45, 2.75) is 84.8 Å². The number of Topliss-reactive ketones (excluding diaryl/α,β-unsaturated/α-hetero) is 1. The van der Waals surface area contributed by atoms with E-state index < -0.39 is 6.10 Å². The fraction of sp³-hybridized carbons (Fsp3) is 0.850. The van der Waals surface area contributed by atoms with Gasteiger partial charge < -0.3 is 10.2 Å². The van der Waals surface area contributed by atoms with Gasteiger partial charge in [0.2, 0.25) is 0 Å². The molecule has 0 aromatic heterocycles. The highest BCUT2D eigenvalue weighted by Gasteiger charge is 2.25. The van der Waals surface area contributed by atoms with Crippen molar-refractivity contribution >= 4 is 5.78 Å². The van der Waals surface area contributed by atoms with Crippen molar-refractivity contribution in [2.75, 3.05) is 0 Å². The van der Waals surface area contributed by atoms with E-state index in [1.165, 1.54) is 0 Å². The van der Waals surface area contributed by atoms with Gasteiger partial charge in [0.15, 0.2) is 0 Å². The number of aliphatic hydroxyl groups excluding tert-OH is 2. The zero-order valence-electron chi connectivity index (χ0n) is 15.4. The third-order valence-electron chi connectivity index (χ3n) is 5.59. The van der Waals surface area contributed by atoms with Crippen LogP contribution in [0.4, 0.5) is 0 Å². The number of hydrogen-bond donors (Lipinski definition) is 2. The lowest BCUT2D eigenvalue weighted by atomic mass is 9.81. The van der Waals surface area contributed by atoms with E-state index in [0.717, 1.165) is 31.3 Å². The van der Waals surface area contributed by atoms with Crippen LogP contribution >= 0.6 is 0 Å². The summed E-state index contributed by atoms with van der Waals surface area (Å²) in [5, 5.41) is 20.8. The number of carbonyl (C=O) groups excluding carboxylic acids is 1. The van der Waals surface area contributed by atoms with E-state index >= 15 is 0 Å². The first kappa shape index (κ1) is 20.4. The average molecular weight is 325 g/mol. The Balaban J connectivity index is 2.81. The normalized spacial score (nSPS) is 38.8. The van der Waals surface area contributed by atoms with Crippen molar-refractivity contribution in [2.24, 2.45) is 23.7 Å². The smallest absolute Gasteiger partial charge is 0.133 e. The molecule has 0 unspecified atom stereocenters. The van der Waals surface area contributed by atoms with Gasteiger partial charge in [0.25, 0.3) is 0 Å². The number of aliphatic hydroxyl groups is 2. The molecular weight excluding hydrogens is 288 g/mol. The molecule has 2 N–H and O–H groups in total. The lowest BCUT2D eigenvalue weighted by Gasteiger charge is -2.28. The topological polar surface area (TPSA) is 57.5 Å². The van der Waals surface area contributed by atoms with Crippen molar-refractivity contribution in [3.63, 3.8) is 0 Å². The standard InChI is InChI=1S/C20H36O3/c1-13(2)17-8-7-15(4)19(22)9-6-14(3)10-18(21)11-16(5)20(23)12-17/h14-17,19-20,22-23H,1,6-12H2,2-5H3/t14-,15+,16+,17+,19+,20+/m0/s1. The van der Waals surface area contributed by atoms with Gasteiger partial charge in [0, 0.05) is 12.8 Å². The van der Waals surface area contributed by atoms with Crippen LogP contribution in [0.3, 0.4) is 0 Å². The summed E-state index contributed by atoms with van der Waals surface area (Å²) in [5.41, 5.74) is 1.09. The molecule has 23 heavy (non-hydrogen) atoms. The van der Waals surface area contributed by atoms with Crippen molar-refractivity contribution in [3.8, 4) is 0 Å². The summed E-state index contributed by atoms with van der Waals surface area (Å²) in [6.07, 6.45) is 4.47. The molecule has 0 aromatic rings. The third kappa shape index (κ3) is 7.17. The first-order chi connectivity index (χ1) is 10.7. The van der Waals surface area contributed by atoms with Gasteiger partial charge in [-0.05, 0) is 62.7 Å². The summed E-state index contributed by atoms with van der Waals surface area (Å²) in [6, 6.07) is 0. The molecule has 0 bridgehead atoms. The number of carbonyl (C=O) groups is 1. The predicted octanol–water partition coefficient (Wildman–Crippen LogP) is 4.12. The van der Waals surface area contributed by atoms with Gasteiger partial charge in [-0.1, -0.05) is 32.9 Å². The Bertz CT molecular complexity index is 390. The maximum atomic E-state index is 12.2. The van der Waals surface area contributed by atoms with Gasteiger partial charge >= 0.3 is 0 Å². The second kappa shape index (κ2) is 9.58. The molecule has 0 heterocycles. The number of allylic oxidation sites excluding steroid dienone is 1. The Morgan fingerprint density at radius 1 is 0.957 bits per heavy atom. The quantitative estimate of drug-likeness (QED) is 0.713. The lowest BCUT2D eigenvalue weighted by Crippen LogP contribution is -2.26. The van der Waals surface area contributed by atoms with Gasteiger partial charge in [-0.2, -0.15) is 0 Å². The number of ketones is 1. The fourth-order valence-electron chi connectivity index (χ4n) is 3.55. The van der Waals surface area contributed by atoms with Crippen molar-refractivity contribution in [1.29, 1.82) is 0 Å². The Labute approximate surface area is 142 Å². The van der Waals surface area contributed by atoms with E-state index in [9.17, 15) is 15.0 Å². The van der Waals surface area contributed by atoms with E-state index in [4.69, 9.17) is 0 Å². The minimum absolute atomic E-state index is 0.00232. The van der Waals surface area contributed by atoms with Gasteiger partial charge in [-0.3, -0.25) is 4.79 Å². The second-order valence-electron chi connectivity index (χ2n) is 8.08. The summed E-state index contributed by atoms with van der Waals surface area (Å²) in [6.45, 7) is 12.2. The summed E-state index contributed by atoms with van der Waals surface area (Å²) in [7, 11) is 0. The first-order valence-corrected chi connectivity index (χ1v) is 9.23. The SMILES string of the molecule is C=C(C)[C@@H]1CC[C@@H](C)[C@H](O)CC[C@H](C)CC(=O)C[C@@H](C)[C@H](O)C1. The number of hydrogen-bond acceptors (Lipinski definition) is 3. The highest BCUT2D eigenvalue weighted by molar-refractivity contribution is 5.78. The molecule has 0 spiro atoms. The molecule has 1 fully saturated rings. The molecule has 6 atom stereocenters. The molecule has 1 rings (SSSR count). The van der Waals surface area contributed by atoms with E-state index in [0.29, 0.717) is 25.2 Å². The zero-order chi connectivity index (χ0) is 17.6. The summed E-state index contributed by atoms with van der Waals surface area (Å²) in [4.78, 5) is 12.2. The van der Waals surface area contributed by atoms with Gasteiger partial charge in [0.1, 0.15) is 5.78 Å². The van der Waals surface area contributed by atoms with Crippen LogP contribution in [-0.2, 0) is 4.79 Å². The first-order valence-electron chi connectivity index (χ1n) is 9.23. The van der Waals surface area contributed by atoms with Gasteiger partial charge in [-0.25, -0.2) is 0 Å². The predicted molar refractivity (Wildman–Crippen MR) is 95.1 cm³/mol. The summed E-state index contributed by atoms with van der Waals surface area (Å²) < 4.78 is 0. The van der Waals surface area contributed by atoms with Crippen LogP contribution in [-0.4, -0.2) is 28.2 Å². The molecule has 0 saturated heterocycles. The van der Waals surface area contributed by atoms with Crippen LogP contribution in [0, 0.1) is 23.7 Å². The molecule has 1 saturated carbocycles. The van der Waals surface area contributed by atoms with Crippen LogP contribution in [0.1, 0.15) is 72.6 Å². The monoisotopic (exact) mass is 324 g/mol. The molecule has 1 aliphatic carbocycles. The molecule has 3 heteroatoms. The van der Waals surface area contributed by atoms with E-state index in [1.807, 2.05) is 13.8 Å². The molecule has 3 nitrogen and oxygen atoms in total. The Kier molecular flexibility index (Phi) is 8.49. The maximum absolute atomic E-state index is 12.2. The van der Waals surface area contributed by atoms with Crippen LogP contribution in [0.2, 0.25) is 0 Å². The van der Waals surface area contributed by atoms with Crippen molar-refractivity contribution in [3.05, 3.63) is 12.2 Å². The van der Waals surface area contributed by atoms with Crippen LogP contribution in [0.15, 0.2) is 12.2 Å². The molecule has 134 valence electrons. The number of rotatable bonds is 1. The van der Waals surface area contributed by atoms with E-state index in [1.54, 1.807) is 0 Å². The maximum Gasteiger partial charge on any atom is 0.133 e. The van der Waals surface area contributed by atoms with E-state index in [-0.39, 0.29) is 29.6 Å². The van der Waals surface area contributed by atoms with Crippen LogP contribution < -0.4 is 0 Å². The highest BCUT2D eigenvalue weighted by atomic mass is 16.3. The van der Waals surface area contributed by atoms with Crippen molar-refractivity contribution < 1.29 is 15.0 Å². The van der Waals surface area contributed by atoms with E-state index in [2.05, 4.69) is 20.4 Å². The third-order valence-corrected chi connectivity index (χ3v) is 5.59. The largest absolute Gasteiger partial charge is 0.393 e. The fourth-order valence-corrected chi connectivity index (χ4v) is 3.55. The van der Waals surface area contributed by atoms with Crippen molar-refractivity contribution in [1.82, 2.24) is 0 Å². The summed E-state index contributed by atoms with van der Waals surface area (Å²) in [5.74, 6) is 1.05. The lowest BCUT2D eigenvalue weighted by molar-refractivity contribution is -0.121. The van der Waals surface area contributed by atoms with Crippen LogP contribution in [0.25, 0.3) is 0 Å². The Morgan fingerprint density at radius 2 is 1.61 bits per heavy atom. The minimum atomic E-state index is -0.459. The van der Waals surface area contributed by atoms with Gasteiger partial charge in [-0.15, -0.1) is 0 Å². The zero-order valence-corrected chi connectivity index (χ0v) is 15.4.